The first kappa shape index (κ1) is 19.4. The van der Waals surface area contributed by atoms with E-state index in [1.54, 1.807) is 12.1 Å². The van der Waals surface area contributed by atoms with Gasteiger partial charge in [-0.2, -0.15) is 0 Å². The molecule has 2 aromatic rings. The molecule has 2 fully saturated rings. The summed E-state index contributed by atoms with van der Waals surface area (Å²) in [6.45, 7) is 3.13. The van der Waals surface area contributed by atoms with Crippen LogP contribution in [-0.4, -0.2) is 30.1 Å². The van der Waals surface area contributed by atoms with Crippen molar-refractivity contribution in [2.45, 2.75) is 50.2 Å². The molecule has 0 spiro atoms. The zero-order chi connectivity index (χ0) is 18.8. The van der Waals surface area contributed by atoms with Gasteiger partial charge in [-0.1, -0.05) is 29.8 Å². The van der Waals surface area contributed by atoms with Crippen LogP contribution in [0.1, 0.15) is 42.7 Å². The molecule has 5 heteroatoms. The maximum absolute atomic E-state index is 13.2. The van der Waals surface area contributed by atoms with Gasteiger partial charge in [0, 0.05) is 23.1 Å². The van der Waals surface area contributed by atoms with Gasteiger partial charge in [0.2, 0.25) is 0 Å². The molecule has 0 bridgehead atoms. The summed E-state index contributed by atoms with van der Waals surface area (Å²) in [7, 11) is 0. The standard InChI is InChI=1S/C22H25BrClFN2/c23-21-6-1-15(11-22(21)24)14-27(19-7-9-26-10-8-19)20-12-17(13-20)16-2-4-18(25)5-3-16/h1-6,11,17,19-20,26H,7-10,12-14H2. The lowest BCUT2D eigenvalue weighted by Crippen LogP contribution is -2.51. The van der Waals surface area contributed by atoms with Crippen LogP contribution >= 0.6 is 27.5 Å². The number of halogens is 3. The molecule has 144 valence electrons. The number of nitrogens with zero attached hydrogens (tertiary/aromatic N) is 1. The molecule has 2 nitrogen and oxygen atoms in total. The minimum Gasteiger partial charge on any atom is -0.317 e. The van der Waals surface area contributed by atoms with Gasteiger partial charge in [-0.25, -0.2) is 4.39 Å². The lowest BCUT2D eigenvalue weighted by atomic mass is 9.74. The molecule has 2 aromatic carbocycles. The number of benzene rings is 2. The molecule has 0 radical (unpaired) electrons. The SMILES string of the molecule is Fc1ccc(C2CC(N(Cc3ccc(Br)c(Cl)c3)C3CCNCC3)C2)cc1. The van der Waals surface area contributed by atoms with Gasteiger partial charge in [0.15, 0.2) is 0 Å². The summed E-state index contributed by atoms with van der Waals surface area (Å²) in [6.07, 6.45) is 4.70. The molecule has 4 rings (SSSR count). The highest BCUT2D eigenvalue weighted by Gasteiger charge is 2.37. The molecule has 2 aliphatic rings. The molecule has 27 heavy (non-hydrogen) atoms. The lowest BCUT2D eigenvalue weighted by Gasteiger charge is -2.48. The molecule has 1 saturated carbocycles. The van der Waals surface area contributed by atoms with Crippen molar-refractivity contribution >= 4 is 27.5 Å². The molecular weight excluding hydrogens is 427 g/mol. The Hall–Kier alpha value is -0.940. The molecule has 1 aliphatic heterocycles. The van der Waals surface area contributed by atoms with Crippen molar-refractivity contribution in [3.8, 4) is 0 Å². The average Bonchev–Trinajstić information content (AvgIpc) is 2.65. The first-order chi connectivity index (χ1) is 13.1. The average molecular weight is 452 g/mol. The largest absolute Gasteiger partial charge is 0.317 e. The summed E-state index contributed by atoms with van der Waals surface area (Å²) in [5, 5.41) is 4.25. The minimum absolute atomic E-state index is 0.155. The smallest absolute Gasteiger partial charge is 0.123 e. The van der Waals surface area contributed by atoms with E-state index in [2.05, 4.69) is 38.3 Å². The van der Waals surface area contributed by atoms with E-state index in [1.807, 2.05) is 18.2 Å². The minimum atomic E-state index is -0.155. The highest BCUT2D eigenvalue weighted by molar-refractivity contribution is 9.10. The summed E-state index contributed by atoms with van der Waals surface area (Å²) in [5.41, 5.74) is 2.54. The predicted molar refractivity (Wildman–Crippen MR) is 113 cm³/mol. The van der Waals surface area contributed by atoms with E-state index in [4.69, 9.17) is 11.6 Å². The Morgan fingerprint density at radius 3 is 2.41 bits per heavy atom. The van der Waals surface area contributed by atoms with Crippen LogP contribution in [0, 0.1) is 5.82 Å². The predicted octanol–water partition coefficient (Wildman–Crippen LogP) is 5.74. The second-order valence-corrected chi connectivity index (χ2v) is 9.04. The number of piperidine rings is 1. The topological polar surface area (TPSA) is 15.3 Å². The summed E-state index contributed by atoms with van der Waals surface area (Å²) in [4.78, 5) is 2.69. The Bertz CT molecular complexity index is 770. The third-order valence-electron chi connectivity index (χ3n) is 6.05. The van der Waals surface area contributed by atoms with Crippen molar-refractivity contribution in [2.75, 3.05) is 13.1 Å². The van der Waals surface area contributed by atoms with Gasteiger partial charge in [-0.3, -0.25) is 4.90 Å². The van der Waals surface area contributed by atoms with Gasteiger partial charge in [-0.05, 0) is 96.0 Å². The van der Waals surface area contributed by atoms with Gasteiger partial charge in [0.1, 0.15) is 5.82 Å². The van der Waals surface area contributed by atoms with Crippen molar-refractivity contribution in [1.82, 2.24) is 10.2 Å². The van der Waals surface area contributed by atoms with Crippen LogP contribution in [0.3, 0.4) is 0 Å². The van der Waals surface area contributed by atoms with Crippen LogP contribution in [-0.2, 0) is 6.54 Å². The van der Waals surface area contributed by atoms with Gasteiger partial charge in [0.05, 0.1) is 5.02 Å². The van der Waals surface area contributed by atoms with Crippen LogP contribution < -0.4 is 5.32 Å². The van der Waals surface area contributed by atoms with E-state index >= 15 is 0 Å². The quantitative estimate of drug-likeness (QED) is 0.623. The van der Waals surface area contributed by atoms with Crippen molar-refractivity contribution in [1.29, 1.82) is 0 Å². The van der Waals surface area contributed by atoms with E-state index in [9.17, 15) is 4.39 Å². The second-order valence-electron chi connectivity index (χ2n) is 7.78. The normalized spacial score (nSPS) is 23.4. The van der Waals surface area contributed by atoms with Crippen molar-refractivity contribution < 1.29 is 4.39 Å². The molecular formula is C22H25BrClFN2. The maximum atomic E-state index is 13.2. The van der Waals surface area contributed by atoms with E-state index in [0.717, 1.165) is 42.0 Å². The fourth-order valence-corrected chi connectivity index (χ4v) is 4.86. The highest BCUT2D eigenvalue weighted by atomic mass is 79.9. The molecule has 1 heterocycles. The van der Waals surface area contributed by atoms with Crippen LogP contribution in [0.25, 0.3) is 0 Å². The maximum Gasteiger partial charge on any atom is 0.123 e. The van der Waals surface area contributed by atoms with Gasteiger partial charge < -0.3 is 5.32 Å². The molecule has 1 aliphatic carbocycles. The molecule has 0 unspecified atom stereocenters. The molecule has 0 atom stereocenters. The van der Waals surface area contributed by atoms with E-state index in [-0.39, 0.29) is 5.82 Å². The first-order valence-corrected chi connectivity index (χ1v) is 10.9. The van der Waals surface area contributed by atoms with Crippen LogP contribution in [0.2, 0.25) is 5.02 Å². The lowest BCUT2D eigenvalue weighted by molar-refractivity contribution is 0.0435. The molecule has 0 amide bonds. The third kappa shape index (κ3) is 4.56. The monoisotopic (exact) mass is 450 g/mol. The van der Waals surface area contributed by atoms with E-state index < -0.39 is 0 Å². The fraction of sp³-hybridized carbons (Fsp3) is 0.455. The highest BCUT2D eigenvalue weighted by Crippen LogP contribution is 2.42. The van der Waals surface area contributed by atoms with Gasteiger partial charge in [0.25, 0.3) is 0 Å². The summed E-state index contributed by atoms with van der Waals surface area (Å²) in [6, 6.07) is 14.5. The van der Waals surface area contributed by atoms with E-state index in [1.165, 1.54) is 24.0 Å². The molecule has 1 saturated heterocycles. The fourth-order valence-electron chi connectivity index (χ4n) is 4.41. The zero-order valence-corrected chi connectivity index (χ0v) is 17.6. The summed E-state index contributed by atoms with van der Waals surface area (Å²) >= 11 is 9.80. The third-order valence-corrected chi connectivity index (χ3v) is 7.28. The zero-order valence-electron chi connectivity index (χ0n) is 15.3. The van der Waals surface area contributed by atoms with Crippen LogP contribution in [0.15, 0.2) is 46.9 Å². The Morgan fingerprint density at radius 2 is 1.74 bits per heavy atom. The Morgan fingerprint density at radius 1 is 1.04 bits per heavy atom. The number of hydrogen-bond donors (Lipinski definition) is 1. The first-order valence-electron chi connectivity index (χ1n) is 9.76. The van der Waals surface area contributed by atoms with Gasteiger partial charge in [-0.15, -0.1) is 0 Å². The van der Waals surface area contributed by atoms with Crippen molar-refractivity contribution in [3.05, 3.63) is 68.9 Å². The van der Waals surface area contributed by atoms with Crippen molar-refractivity contribution in [2.24, 2.45) is 0 Å². The Labute approximate surface area is 174 Å². The number of rotatable bonds is 5. The number of nitrogens with one attached hydrogen (secondary N) is 1. The number of hydrogen-bond acceptors (Lipinski definition) is 2. The summed E-state index contributed by atoms with van der Waals surface area (Å²) < 4.78 is 14.1. The summed E-state index contributed by atoms with van der Waals surface area (Å²) in [5.74, 6) is 0.395. The van der Waals surface area contributed by atoms with Crippen molar-refractivity contribution in [3.63, 3.8) is 0 Å². The van der Waals surface area contributed by atoms with Crippen LogP contribution in [0.5, 0.6) is 0 Å². The second kappa shape index (κ2) is 8.60. The molecule has 1 N–H and O–H groups in total. The Balaban J connectivity index is 1.47. The molecule has 0 aromatic heterocycles. The van der Waals surface area contributed by atoms with Gasteiger partial charge >= 0.3 is 0 Å². The van der Waals surface area contributed by atoms with E-state index in [0.29, 0.717) is 18.0 Å². The van der Waals surface area contributed by atoms with Crippen LogP contribution in [0.4, 0.5) is 4.39 Å². The Kier molecular flexibility index (Phi) is 6.18.